The number of methoxy groups -OCH3 is 1. The Labute approximate surface area is 182 Å². The van der Waals surface area contributed by atoms with Crippen molar-refractivity contribution >= 4 is 27.0 Å². The van der Waals surface area contributed by atoms with E-state index < -0.39 is 32.3 Å². The Kier molecular flexibility index (Phi) is 5.29. The van der Waals surface area contributed by atoms with Crippen molar-refractivity contribution in [3.63, 3.8) is 0 Å². The molecule has 9 heteroatoms. The fourth-order valence-corrected chi connectivity index (χ4v) is 4.91. The number of benzene rings is 3. The summed E-state index contributed by atoms with van der Waals surface area (Å²) in [5.41, 5.74) is -0.568. The molecule has 1 aliphatic rings. The second kappa shape index (κ2) is 7.83. The van der Waals surface area contributed by atoms with Gasteiger partial charge in [0.1, 0.15) is 10.7 Å². The van der Waals surface area contributed by atoms with E-state index in [0.717, 1.165) is 18.3 Å². The summed E-state index contributed by atoms with van der Waals surface area (Å²) in [6.45, 7) is 0. The van der Waals surface area contributed by atoms with Crippen LogP contribution in [-0.2, 0) is 16.0 Å². The topological polar surface area (TPSA) is 63.7 Å². The lowest BCUT2D eigenvalue weighted by Crippen LogP contribution is -2.26. The standard InChI is InChI=1S/C23H16F3NO4S/c1-31-18-11-9-15(10-12-18)22(28)21-14-27(17-6-4-5-16(13-17)23(24,25)26)19-7-2-3-8-20(19)32(21,29)30/h2-14H,1H3. The van der Waals surface area contributed by atoms with Crippen molar-refractivity contribution < 1.29 is 31.1 Å². The largest absolute Gasteiger partial charge is 0.497 e. The number of hydrogen-bond donors (Lipinski definition) is 0. The van der Waals surface area contributed by atoms with Crippen LogP contribution in [0.15, 0.2) is 88.8 Å². The number of allylic oxidation sites excluding steroid dienone is 1. The summed E-state index contributed by atoms with van der Waals surface area (Å²) in [6, 6.07) is 16.2. The van der Waals surface area contributed by atoms with Gasteiger partial charge in [-0.25, -0.2) is 8.42 Å². The lowest BCUT2D eigenvalue weighted by Gasteiger charge is -2.29. The Balaban J connectivity index is 1.89. The fraction of sp³-hybridized carbons (Fsp3) is 0.0870. The van der Waals surface area contributed by atoms with E-state index in [-0.39, 0.29) is 21.8 Å². The number of sulfone groups is 1. The number of nitrogens with zero attached hydrogens (tertiary/aromatic N) is 1. The maximum Gasteiger partial charge on any atom is 0.416 e. The molecule has 3 aromatic carbocycles. The average molecular weight is 459 g/mol. The van der Waals surface area contributed by atoms with Crippen molar-refractivity contribution in [2.24, 2.45) is 0 Å². The van der Waals surface area contributed by atoms with Gasteiger partial charge in [-0.05, 0) is 54.6 Å². The molecule has 0 aromatic heterocycles. The Bertz CT molecular complexity index is 1330. The third-order valence-corrected chi connectivity index (χ3v) is 6.77. The highest BCUT2D eigenvalue weighted by Crippen LogP contribution is 2.41. The van der Waals surface area contributed by atoms with Crippen molar-refractivity contribution in [2.75, 3.05) is 12.0 Å². The van der Waals surface area contributed by atoms with Gasteiger partial charge in [0.2, 0.25) is 15.6 Å². The SMILES string of the molecule is COc1ccc(C(=O)C2=CN(c3cccc(C(F)(F)F)c3)c3ccccc3S2(=O)=O)cc1. The zero-order valence-electron chi connectivity index (χ0n) is 16.6. The van der Waals surface area contributed by atoms with Gasteiger partial charge in [0.25, 0.3) is 0 Å². The first-order valence-electron chi connectivity index (χ1n) is 9.34. The predicted molar refractivity (Wildman–Crippen MR) is 113 cm³/mol. The number of ether oxygens (including phenoxy) is 1. The molecule has 32 heavy (non-hydrogen) atoms. The third kappa shape index (κ3) is 3.75. The zero-order valence-corrected chi connectivity index (χ0v) is 17.4. The van der Waals surface area contributed by atoms with Gasteiger partial charge in [-0.2, -0.15) is 13.2 Å². The second-order valence-electron chi connectivity index (χ2n) is 6.94. The number of hydrogen-bond acceptors (Lipinski definition) is 5. The number of alkyl halides is 3. The van der Waals surface area contributed by atoms with Crippen molar-refractivity contribution in [3.05, 3.63) is 95.0 Å². The number of ketones is 1. The second-order valence-corrected chi connectivity index (χ2v) is 8.83. The normalized spacial score (nSPS) is 15.0. The molecular weight excluding hydrogens is 443 g/mol. The van der Waals surface area contributed by atoms with E-state index in [4.69, 9.17) is 4.74 Å². The summed E-state index contributed by atoms with van der Waals surface area (Å²) < 4.78 is 71.2. The van der Waals surface area contributed by atoms with E-state index in [2.05, 4.69) is 0 Å². The lowest BCUT2D eigenvalue weighted by molar-refractivity contribution is -0.137. The molecular formula is C23H16F3NO4S. The summed E-state index contributed by atoms with van der Waals surface area (Å²) in [6.07, 6.45) is -3.51. The molecule has 0 N–H and O–H groups in total. The first kappa shape index (κ1) is 21.6. The molecule has 4 rings (SSSR count). The quantitative estimate of drug-likeness (QED) is 0.492. The predicted octanol–water partition coefficient (Wildman–Crippen LogP) is 5.36. The molecule has 0 saturated heterocycles. The monoisotopic (exact) mass is 459 g/mol. The van der Waals surface area contributed by atoms with Gasteiger partial charge >= 0.3 is 6.18 Å². The molecule has 0 atom stereocenters. The van der Waals surface area contributed by atoms with Crippen molar-refractivity contribution in [1.29, 1.82) is 0 Å². The molecule has 0 saturated carbocycles. The minimum Gasteiger partial charge on any atom is -0.497 e. The summed E-state index contributed by atoms with van der Waals surface area (Å²) in [7, 11) is -2.76. The van der Waals surface area contributed by atoms with Gasteiger partial charge < -0.3 is 9.64 Å². The maximum absolute atomic E-state index is 13.2. The number of carbonyl (C=O) groups is 1. The molecule has 5 nitrogen and oxygen atoms in total. The molecule has 0 fully saturated rings. The molecule has 0 amide bonds. The van der Waals surface area contributed by atoms with E-state index in [0.29, 0.717) is 5.75 Å². The van der Waals surface area contributed by atoms with Crippen molar-refractivity contribution in [3.8, 4) is 5.75 Å². The lowest BCUT2D eigenvalue weighted by atomic mass is 10.1. The van der Waals surface area contributed by atoms with Gasteiger partial charge in [-0.3, -0.25) is 4.79 Å². The highest BCUT2D eigenvalue weighted by molar-refractivity contribution is 7.96. The number of fused-ring (bicyclic) bond motifs is 1. The number of carbonyl (C=O) groups excluding carboxylic acids is 1. The van der Waals surface area contributed by atoms with E-state index in [1.807, 2.05) is 0 Å². The third-order valence-electron chi connectivity index (χ3n) is 4.98. The van der Waals surface area contributed by atoms with Crippen LogP contribution in [0.2, 0.25) is 0 Å². The molecule has 1 heterocycles. The first-order valence-corrected chi connectivity index (χ1v) is 10.8. The van der Waals surface area contributed by atoms with Gasteiger partial charge in [0, 0.05) is 17.5 Å². The first-order chi connectivity index (χ1) is 15.1. The van der Waals surface area contributed by atoms with E-state index in [1.165, 1.54) is 66.6 Å². The van der Waals surface area contributed by atoms with E-state index >= 15 is 0 Å². The van der Waals surface area contributed by atoms with Crippen LogP contribution >= 0.6 is 0 Å². The Hall–Kier alpha value is -3.59. The molecule has 3 aromatic rings. The fourth-order valence-electron chi connectivity index (χ4n) is 3.37. The number of anilines is 2. The highest BCUT2D eigenvalue weighted by atomic mass is 32.2. The van der Waals surface area contributed by atoms with E-state index in [9.17, 15) is 26.4 Å². The molecule has 1 aliphatic heterocycles. The molecule has 0 radical (unpaired) electrons. The zero-order chi connectivity index (χ0) is 23.1. The molecule has 0 aliphatic carbocycles. The number of halogens is 3. The molecule has 0 bridgehead atoms. The summed E-state index contributed by atoms with van der Waals surface area (Å²) in [4.78, 5) is 13.7. The average Bonchev–Trinajstić information content (AvgIpc) is 2.78. The van der Waals surface area contributed by atoms with Crippen molar-refractivity contribution in [2.45, 2.75) is 11.1 Å². The highest BCUT2D eigenvalue weighted by Gasteiger charge is 2.37. The number of para-hydroxylation sites is 1. The van der Waals surface area contributed by atoms with E-state index in [1.54, 1.807) is 6.07 Å². The summed E-state index contributed by atoms with van der Waals surface area (Å²) >= 11 is 0. The van der Waals surface area contributed by atoms with Crippen LogP contribution in [0, 0.1) is 0 Å². The Morgan fingerprint density at radius 3 is 2.28 bits per heavy atom. The van der Waals surface area contributed by atoms with Crippen LogP contribution in [-0.4, -0.2) is 21.3 Å². The van der Waals surface area contributed by atoms with Gasteiger partial charge in [0.15, 0.2) is 0 Å². The van der Waals surface area contributed by atoms with Crippen LogP contribution in [0.4, 0.5) is 24.5 Å². The van der Waals surface area contributed by atoms with Crippen LogP contribution in [0.25, 0.3) is 0 Å². The van der Waals surface area contributed by atoms with Gasteiger partial charge in [-0.1, -0.05) is 18.2 Å². The van der Waals surface area contributed by atoms with Gasteiger partial charge in [-0.15, -0.1) is 0 Å². The van der Waals surface area contributed by atoms with Crippen LogP contribution < -0.4 is 9.64 Å². The maximum atomic E-state index is 13.2. The number of Topliss-reactive ketones (excluding diaryl/α,β-unsaturated/α-hetero) is 1. The Morgan fingerprint density at radius 1 is 0.938 bits per heavy atom. The van der Waals surface area contributed by atoms with Crippen molar-refractivity contribution in [1.82, 2.24) is 0 Å². The molecule has 0 unspecified atom stereocenters. The summed E-state index contributed by atoms with van der Waals surface area (Å²) in [5.74, 6) is -0.294. The Morgan fingerprint density at radius 2 is 1.62 bits per heavy atom. The number of rotatable bonds is 4. The van der Waals surface area contributed by atoms with Gasteiger partial charge in [0.05, 0.1) is 23.3 Å². The summed E-state index contributed by atoms with van der Waals surface area (Å²) in [5, 5.41) is 0. The minimum atomic E-state index is -4.58. The smallest absolute Gasteiger partial charge is 0.416 e. The van der Waals surface area contributed by atoms with Crippen LogP contribution in [0.3, 0.4) is 0 Å². The minimum absolute atomic E-state index is 0.0715. The molecule has 164 valence electrons. The molecule has 0 spiro atoms. The van der Waals surface area contributed by atoms with Crippen LogP contribution in [0.5, 0.6) is 5.75 Å². The van der Waals surface area contributed by atoms with Crippen LogP contribution in [0.1, 0.15) is 15.9 Å².